The van der Waals surface area contributed by atoms with Gasteiger partial charge in [0.15, 0.2) is 0 Å². The number of likely N-dealkylation sites (tertiary alicyclic amines) is 1. The van der Waals surface area contributed by atoms with E-state index in [9.17, 15) is 0 Å². The summed E-state index contributed by atoms with van der Waals surface area (Å²) < 4.78 is 0. The quantitative estimate of drug-likeness (QED) is 0.785. The molecule has 0 bridgehead atoms. The Kier molecular flexibility index (Phi) is 5.93. The number of piperidine rings is 1. The topological polar surface area (TPSA) is 41.3 Å². The van der Waals surface area contributed by atoms with E-state index >= 15 is 0 Å². The average Bonchev–Trinajstić information content (AvgIpc) is 2.41. The van der Waals surface area contributed by atoms with Crippen LogP contribution in [-0.2, 0) is 0 Å². The third-order valence-corrected chi connectivity index (χ3v) is 4.92. The second kappa shape index (κ2) is 7.46. The second-order valence-corrected chi connectivity index (χ2v) is 6.37. The van der Waals surface area contributed by atoms with Gasteiger partial charge in [0, 0.05) is 19.1 Å². The van der Waals surface area contributed by atoms with Crippen molar-refractivity contribution in [3.8, 4) is 0 Å². The molecule has 2 rings (SSSR count). The molecule has 0 aromatic heterocycles. The minimum absolute atomic E-state index is 0.687. The van der Waals surface area contributed by atoms with E-state index in [0.29, 0.717) is 6.04 Å². The second-order valence-electron chi connectivity index (χ2n) is 6.37. The maximum Gasteiger partial charge on any atom is 0.0108 e. The highest BCUT2D eigenvalue weighted by atomic mass is 15.1. The fourth-order valence-electron chi connectivity index (χ4n) is 3.45. The molecule has 0 radical (unpaired) electrons. The number of hydrogen-bond donors (Lipinski definition) is 2. The Bertz CT molecular complexity index is 224. The first kappa shape index (κ1) is 14.3. The van der Waals surface area contributed by atoms with Crippen molar-refractivity contribution in [1.82, 2.24) is 10.2 Å². The minimum Gasteiger partial charge on any atom is -0.330 e. The van der Waals surface area contributed by atoms with Crippen molar-refractivity contribution in [2.45, 2.75) is 51.5 Å². The molecule has 2 atom stereocenters. The van der Waals surface area contributed by atoms with Crippen LogP contribution in [-0.4, -0.2) is 43.7 Å². The van der Waals surface area contributed by atoms with Crippen molar-refractivity contribution in [2.75, 3.05) is 32.7 Å². The molecule has 0 amide bonds. The Morgan fingerprint density at radius 3 is 2.56 bits per heavy atom. The van der Waals surface area contributed by atoms with Crippen LogP contribution in [0.4, 0.5) is 0 Å². The zero-order valence-corrected chi connectivity index (χ0v) is 12.0. The molecule has 3 nitrogen and oxygen atoms in total. The van der Waals surface area contributed by atoms with E-state index in [1.54, 1.807) is 0 Å². The lowest BCUT2D eigenvalue weighted by Crippen LogP contribution is -2.45. The van der Waals surface area contributed by atoms with Crippen LogP contribution in [0.5, 0.6) is 0 Å². The van der Waals surface area contributed by atoms with Crippen molar-refractivity contribution >= 4 is 0 Å². The molecule has 1 aliphatic carbocycles. The molecule has 2 fully saturated rings. The number of nitrogens with zero attached hydrogens (tertiary/aromatic N) is 1. The van der Waals surface area contributed by atoms with E-state index in [4.69, 9.17) is 5.73 Å². The summed E-state index contributed by atoms with van der Waals surface area (Å²) in [6, 6.07) is 0.687. The summed E-state index contributed by atoms with van der Waals surface area (Å²) >= 11 is 0. The number of nitrogens with one attached hydrogen (secondary N) is 1. The molecule has 1 saturated carbocycles. The van der Waals surface area contributed by atoms with Gasteiger partial charge in [0.25, 0.3) is 0 Å². The Hall–Kier alpha value is -0.120. The summed E-state index contributed by atoms with van der Waals surface area (Å²) in [7, 11) is 0. The lowest BCUT2D eigenvalue weighted by Gasteiger charge is -2.34. The zero-order valence-electron chi connectivity index (χ0n) is 12.0. The van der Waals surface area contributed by atoms with Crippen molar-refractivity contribution in [2.24, 2.45) is 17.6 Å². The van der Waals surface area contributed by atoms with Crippen LogP contribution in [0.3, 0.4) is 0 Å². The number of rotatable bonds is 5. The van der Waals surface area contributed by atoms with E-state index in [1.165, 1.54) is 58.2 Å². The van der Waals surface area contributed by atoms with E-state index in [-0.39, 0.29) is 0 Å². The molecule has 1 aliphatic heterocycles. The molecule has 2 aliphatic rings. The largest absolute Gasteiger partial charge is 0.330 e. The van der Waals surface area contributed by atoms with Gasteiger partial charge < -0.3 is 16.0 Å². The molecule has 18 heavy (non-hydrogen) atoms. The first-order valence-electron chi connectivity index (χ1n) is 7.95. The summed E-state index contributed by atoms with van der Waals surface area (Å²) in [4.78, 5) is 2.62. The van der Waals surface area contributed by atoms with Crippen LogP contribution in [0.2, 0.25) is 0 Å². The Labute approximate surface area is 112 Å². The first-order chi connectivity index (χ1) is 8.79. The van der Waals surface area contributed by atoms with Gasteiger partial charge >= 0.3 is 0 Å². The summed E-state index contributed by atoms with van der Waals surface area (Å²) in [5, 5.41) is 3.76. The van der Waals surface area contributed by atoms with E-state index < -0.39 is 0 Å². The lowest BCUT2D eigenvalue weighted by molar-refractivity contribution is 0.183. The fourth-order valence-corrected chi connectivity index (χ4v) is 3.45. The Morgan fingerprint density at radius 2 is 1.83 bits per heavy atom. The summed E-state index contributed by atoms with van der Waals surface area (Å²) in [6.45, 7) is 8.21. The smallest absolute Gasteiger partial charge is 0.0108 e. The highest BCUT2D eigenvalue weighted by Crippen LogP contribution is 2.23. The molecule has 0 aromatic carbocycles. The third-order valence-electron chi connectivity index (χ3n) is 4.92. The maximum absolute atomic E-state index is 5.87. The van der Waals surface area contributed by atoms with Gasteiger partial charge in [-0.05, 0) is 57.2 Å². The monoisotopic (exact) mass is 253 g/mol. The third kappa shape index (κ3) is 4.22. The maximum atomic E-state index is 5.87. The van der Waals surface area contributed by atoms with Crippen LogP contribution in [0.15, 0.2) is 0 Å². The van der Waals surface area contributed by atoms with Crippen LogP contribution in [0.25, 0.3) is 0 Å². The Morgan fingerprint density at radius 1 is 1.11 bits per heavy atom. The summed E-state index contributed by atoms with van der Waals surface area (Å²) in [6.07, 6.45) is 8.19. The standard InChI is InChI=1S/C15H31N3/c1-13-6-9-18(10-7-13)11-8-17-15-5-3-2-4-14(15)12-16/h13-15,17H,2-12,16H2,1H3. The van der Waals surface area contributed by atoms with Crippen molar-refractivity contribution in [3.63, 3.8) is 0 Å². The number of hydrogen-bond acceptors (Lipinski definition) is 3. The highest BCUT2D eigenvalue weighted by Gasteiger charge is 2.23. The minimum atomic E-state index is 0.687. The highest BCUT2D eigenvalue weighted by molar-refractivity contribution is 4.82. The van der Waals surface area contributed by atoms with Crippen molar-refractivity contribution in [1.29, 1.82) is 0 Å². The molecule has 1 heterocycles. The molecule has 3 N–H and O–H groups in total. The first-order valence-corrected chi connectivity index (χ1v) is 7.95. The molecule has 1 saturated heterocycles. The SMILES string of the molecule is CC1CCN(CCNC2CCCCC2CN)CC1. The van der Waals surface area contributed by atoms with E-state index in [2.05, 4.69) is 17.1 Å². The zero-order chi connectivity index (χ0) is 12.8. The van der Waals surface area contributed by atoms with Gasteiger partial charge in [-0.1, -0.05) is 19.8 Å². The van der Waals surface area contributed by atoms with Crippen LogP contribution in [0, 0.1) is 11.8 Å². The molecule has 3 heteroatoms. The van der Waals surface area contributed by atoms with Gasteiger partial charge in [-0.2, -0.15) is 0 Å². The molecule has 0 aromatic rings. The molecule has 2 unspecified atom stereocenters. The summed E-state index contributed by atoms with van der Waals surface area (Å²) in [5.74, 6) is 1.66. The predicted octanol–water partition coefficient (Wildman–Crippen LogP) is 1.83. The molecular weight excluding hydrogens is 222 g/mol. The Balaban J connectivity index is 1.62. The van der Waals surface area contributed by atoms with Gasteiger partial charge in [-0.15, -0.1) is 0 Å². The van der Waals surface area contributed by atoms with Crippen LogP contribution >= 0.6 is 0 Å². The predicted molar refractivity (Wildman–Crippen MR) is 77.6 cm³/mol. The van der Waals surface area contributed by atoms with Crippen LogP contribution < -0.4 is 11.1 Å². The van der Waals surface area contributed by atoms with Gasteiger partial charge in [0.1, 0.15) is 0 Å². The fraction of sp³-hybridized carbons (Fsp3) is 1.00. The van der Waals surface area contributed by atoms with Crippen molar-refractivity contribution < 1.29 is 0 Å². The summed E-state index contributed by atoms with van der Waals surface area (Å²) in [5.41, 5.74) is 5.87. The van der Waals surface area contributed by atoms with Crippen molar-refractivity contribution in [3.05, 3.63) is 0 Å². The normalized spacial score (nSPS) is 31.7. The van der Waals surface area contributed by atoms with Gasteiger partial charge in [0.05, 0.1) is 0 Å². The molecule has 0 spiro atoms. The lowest BCUT2D eigenvalue weighted by atomic mass is 9.84. The number of nitrogens with two attached hydrogens (primary N) is 1. The van der Waals surface area contributed by atoms with Gasteiger partial charge in [-0.3, -0.25) is 0 Å². The average molecular weight is 253 g/mol. The van der Waals surface area contributed by atoms with E-state index in [0.717, 1.165) is 24.9 Å². The van der Waals surface area contributed by atoms with Gasteiger partial charge in [-0.25, -0.2) is 0 Å². The van der Waals surface area contributed by atoms with Gasteiger partial charge in [0.2, 0.25) is 0 Å². The van der Waals surface area contributed by atoms with E-state index in [1.807, 2.05) is 0 Å². The molecular formula is C15H31N3. The molecule has 106 valence electrons. The van der Waals surface area contributed by atoms with Crippen LogP contribution in [0.1, 0.15) is 45.4 Å².